The molecule has 4 rings (SSSR count). The lowest BCUT2D eigenvalue weighted by Gasteiger charge is -2.32. The number of carbonyl (C=O) groups is 1. The van der Waals surface area contributed by atoms with Gasteiger partial charge in [0.05, 0.1) is 17.1 Å². The minimum atomic E-state index is 0.153. The Morgan fingerprint density at radius 2 is 1.81 bits per heavy atom. The number of piperazine rings is 1. The monoisotopic (exact) mass is 368 g/mol. The molecule has 0 N–H and O–H groups in total. The molecule has 136 valence electrons. The number of hydrogen-bond acceptors (Lipinski definition) is 4. The molecule has 1 aromatic carbocycles. The lowest BCUT2D eigenvalue weighted by Crippen LogP contribution is -2.46. The molecule has 1 fully saturated rings. The highest BCUT2D eigenvalue weighted by Gasteiger charge is 2.23. The van der Waals surface area contributed by atoms with Crippen LogP contribution in [0.4, 0.5) is 0 Å². The van der Waals surface area contributed by atoms with Crippen LogP contribution in [-0.2, 0) is 6.54 Å². The fourth-order valence-electron chi connectivity index (χ4n) is 3.36. The Hall–Kier alpha value is -2.18. The van der Waals surface area contributed by atoms with Crippen LogP contribution in [-0.4, -0.2) is 58.7 Å². The number of likely N-dealkylation sites (N-methyl/N-ethyl adjacent to an activating group) is 1. The summed E-state index contributed by atoms with van der Waals surface area (Å²) >= 11 is 1.57. The Bertz CT molecular complexity index is 933. The van der Waals surface area contributed by atoms with Crippen LogP contribution >= 0.6 is 11.3 Å². The highest BCUT2D eigenvalue weighted by molar-refractivity contribution is 7.20. The molecular weight excluding hydrogens is 344 g/mol. The summed E-state index contributed by atoms with van der Waals surface area (Å²) < 4.78 is 2.03. The van der Waals surface area contributed by atoms with Crippen molar-refractivity contribution in [2.75, 3.05) is 33.2 Å². The molecule has 1 amide bonds. The molecule has 0 unspecified atom stereocenters. The van der Waals surface area contributed by atoms with E-state index in [1.165, 1.54) is 11.1 Å². The zero-order chi connectivity index (χ0) is 18.3. The lowest BCUT2D eigenvalue weighted by atomic mass is 10.1. The van der Waals surface area contributed by atoms with E-state index >= 15 is 0 Å². The van der Waals surface area contributed by atoms with Gasteiger partial charge in [0.25, 0.3) is 5.91 Å². The minimum absolute atomic E-state index is 0.153. The van der Waals surface area contributed by atoms with Gasteiger partial charge in [0.2, 0.25) is 0 Å². The molecule has 0 saturated carbocycles. The number of amides is 1. The van der Waals surface area contributed by atoms with E-state index in [9.17, 15) is 4.79 Å². The molecule has 1 saturated heterocycles. The summed E-state index contributed by atoms with van der Waals surface area (Å²) in [6, 6.07) is 10.6. The number of hydrogen-bond donors (Lipinski definition) is 0. The Kier molecular flexibility index (Phi) is 4.54. The van der Waals surface area contributed by atoms with Gasteiger partial charge in [0.1, 0.15) is 4.83 Å². The highest BCUT2D eigenvalue weighted by Crippen LogP contribution is 2.30. The number of aromatic nitrogens is 2. The van der Waals surface area contributed by atoms with Crippen LogP contribution in [0, 0.1) is 13.8 Å². The van der Waals surface area contributed by atoms with E-state index in [0.717, 1.165) is 53.5 Å². The third-order valence-corrected chi connectivity index (χ3v) is 6.20. The molecule has 2 aromatic heterocycles. The van der Waals surface area contributed by atoms with E-state index in [0.29, 0.717) is 0 Å². The van der Waals surface area contributed by atoms with E-state index in [1.807, 2.05) is 22.6 Å². The van der Waals surface area contributed by atoms with Gasteiger partial charge >= 0.3 is 0 Å². The van der Waals surface area contributed by atoms with Gasteiger partial charge in [0.15, 0.2) is 0 Å². The number of benzene rings is 1. The van der Waals surface area contributed by atoms with Crippen molar-refractivity contribution >= 4 is 27.5 Å². The van der Waals surface area contributed by atoms with Gasteiger partial charge in [0, 0.05) is 31.6 Å². The van der Waals surface area contributed by atoms with E-state index < -0.39 is 0 Å². The molecule has 1 aliphatic heterocycles. The summed E-state index contributed by atoms with van der Waals surface area (Å²) in [7, 11) is 2.10. The molecule has 6 heteroatoms. The van der Waals surface area contributed by atoms with E-state index in [-0.39, 0.29) is 5.91 Å². The molecular formula is C20H24N4OS. The highest BCUT2D eigenvalue weighted by atomic mass is 32.1. The third kappa shape index (κ3) is 3.27. The Balaban J connectivity index is 1.61. The van der Waals surface area contributed by atoms with Gasteiger partial charge < -0.3 is 9.80 Å². The smallest absolute Gasteiger partial charge is 0.264 e. The molecule has 0 bridgehead atoms. The van der Waals surface area contributed by atoms with E-state index in [1.54, 1.807) is 11.3 Å². The predicted octanol–water partition coefficient (Wildman–Crippen LogP) is 3.15. The van der Waals surface area contributed by atoms with Crippen LogP contribution < -0.4 is 0 Å². The normalized spacial score (nSPS) is 15.7. The van der Waals surface area contributed by atoms with Crippen molar-refractivity contribution < 1.29 is 4.79 Å². The van der Waals surface area contributed by atoms with Crippen LogP contribution in [0.25, 0.3) is 10.2 Å². The topological polar surface area (TPSA) is 41.4 Å². The van der Waals surface area contributed by atoms with Crippen LogP contribution in [0.1, 0.15) is 26.5 Å². The number of thiophene rings is 1. The fraction of sp³-hybridized carbons (Fsp3) is 0.400. The summed E-state index contributed by atoms with van der Waals surface area (Å²) in [6.07, 6.45) is 0. The summed E-state index contributed by atoms with van der Waals surface area (Å²) in [5.41, 5.74) is 3.47. The average Bonchev–Trinajstić information content (AvgIpc) is 3.19. The standard InChI is InChI=1S/C20H24N4OS/c1-14-4-6-16(7-5-14)13-24-20-17(15(2)21-24)12-18(26-20)19(25)23-10-8-22(3)9-11-23/h4-7,12H,8-11,13H2,1-3H3. The first-order valence-corrected chi connectivity index (χ1v) is 9.83. The van der Waals surface area contributed by atoms with Crippen LogP contribution in [0.15, 0.2) is 30.3 Å². The average molecular weight is 369 g/mol. The van der Waals surface area contributed by atoms with Crippen LogP contribution in [0.2, 0.25) is 0 Å². The van der Waals surface area contributed by atoms with Crippen molar-refractivity contribution in [2.45, 2.75) is 20.4 Å². The molecule has 3 aromatic rings. The van der Waals surface area contributed by atoms with Crippen LogP contribution in [0.3, 0.4) is 0 Å². The van der Waals surface area contributed by atoms with Gasteiger partial charge in [-0.3, -0.25) is 9.48 Å². The summed E-state index contributed by atoms with van der Waals surface area (Å²) in [4.78, 5) is 19.0. The number of aryl methyl sites for hydroxylation is 2. The molecule has 0 spiro atoms. The van der Waals surface area contributed by atoms with Crippen molar-refractivity contribution in [3.63, 3.8) is 0 Å². The van der Waals surface area contributed by atoms with Gasteiger partial charge in [-0.25, -0.2) is 0 Å². The maximum atomic E-state index is 12.9. The van der Waals surface area contributed by atoms with Crippen LogP contribution in [0.5, 0.6) is 0 Å². The van der Waals surface area contributed by atoms with Gasteiger partial charge in [-0.1, -0.05) is 29.8 Å². The first-order valence-electron chi connectivity index (χ1n) is 9.01. The number of nitrogens with zero attached hydrogens (tertiary/aromatic N) is 4. The molecule has 5 nitrogen and oxygen atoms in total. The zero-order valence-corrected chi connectivity index (χ0v) is 16.3. The molecule has 3 heterocycles. The van der Waals surface area contributed by atoms with E-state index in [4.69, 9.17) is 0 Å². The first kappa shape index (κ1) is 17.2. The SMILES string of the molecule is Cc1ccc(Cn2nc(C)c3cc(C(=O)N4CCN(C)CC4)sc32)cc1. The van der Waals surface area contributed by atoms with Crippen molar-refractivity contribution in [3.8, 4) is 0 Å². The van der Waals surface area contributed by atoms with Crippen molar-refractivity contribution in [1.29, 1.82) is 0 Å². The third-order valence-electron chi connectivity index (χ3n) is 5.06. The summed E-state index contributed by atoms with van der Waals surface area (Å²) in [5, 5.41) is 5.78. The van der Waals surface area contributed by atoms with Crippen molar-refractivity contribution in [2.24, 2.45) is 0 Å². The Morgan fingerprint density at radius 1 is 1.12 bits per heavy atom. The second kappa shape index (κ2) is 6.85. The second-order valence-corrected chi connectivity index (χ2v) is 8.18. The molecule has 0 aliphatic carbocycles. The van der Waals surface area contributed by atoms with E-state index in [2.05, 4.69) is 48.2 Å². The maximum absolute atomic E-state index is 12.9. The Morgan fingerprint density at radius 3 is 2.50 bits per heavy atom. The molecule has 0 radical (unpaired) electrons. The minimum Gasteiger partial charge on any atom is -0.335 e. The second-order valence-electron chi connectivity index (χ2n) is 7.15. The number of fused-ring (bicyclic) bond motifs is 1. The lowest BCUT2D eigenvalue weighted by molar-refractivity contribution is 0.0669. The zero-order valence-electron chi connectivity index (χ0n) is 15.5. The first-order chi connectivity index (χ1) is 12.5. The summed E-state index contributed by atoms with van der Waals surface area (Å²) in [5.74, 6) is 0.153. The largest absolute Gasteiger partial charge is 0.335 e. The molecule has 0 atom stereocenters. The van der Waals surface area contributed by atoms with Gasteiger partial charge in [-0.2, -0.15) is 5.10 Å². The van der Waals surface area contributed by atoms with Gasteiger partial charge in [-0.15, -0.1) is 11.3 Å². The Labute approximate surface area is 157 Å². The van der Waals surface area contributed by atoms with Crippen molar-refractivity contribution in [1.82, 2.24) is 19.6 Å². The molecule has 1 aliphatic rings. The predicted molar refractivity (Wildman–Crippen MR) is 106 cm³/mol. The fourth-order valence-corrected chi connectivity index (χ4v) is 4.49. The van der Waals surface area contributed by atoms with Crippen molar-refractivity contribution in [3.05, 3.63) is 52.0 Å². The quantitative estimate of drug-likeness (QED) is 0.713. The number of rotatable bonds is 3. The molecule has 26 heavy (non-hydrogen) atoms. The van der Waals surface area contributed by atoms with Gasteiger partial charge in [-0.05, 0) is 32.5 Å². The summed E-state index contributed by atoms with van der Waals surface area (Å²) in [6.45, 7) is 8.33. The maximum Gasteiger partial charge on any atom is 0.264 e. The number of carbonyl (C=O) groups excluding carboxylic acids is 1.